The number of hydrogen-bond acceptors (Lipinski definition) is 5. The maximum atomic E-state index is 9.89. The molecule has 0 spiro atoms. The summed E-state index contributed by atoms with van der Waals surface area (Å²) < 4.78 is 0. The lowest BCUT2D eigenvalue weighted by Crippen LogP contribution is -2.42. The summed E-state index contributed by atoms with van der Waals surface area (Å²) >= 11 is 0. The van der Waals surface area contributed by atoms with Gasteiger partial charge in [-0.15, -0.1) is 0 Å². The first-order valence-electron chi connectivity index (χ1n) is 7.59. The topological polar surface area (TPSA) is 61.3 Å². The van der Waals surface area contributed by atoms with E-state index in [-0.39, 0.29) is 6.10 Å². The van der Waals surface area contributed by atoms with E-state index in [9.17, 15) is 5.11 Å². The van der Waals surface area contributed by atoms with E-state index in [1.54, 1.807) is 0 Å². The van der Waals surface area contributed by atoms with Crippen LogP contribution >= 0.6 is 0 Å². The molecule has 2 unspecified atom stereocenters. The maximum absolute atomic E-state index is 9.89. The zero-order valence-corrected chi connectivity index (χ0v) is 12.6. The highest BCUT2D eigenvalue weighted by atomic mass is 16.3. The number of anilines is 2. The monoisotopic (exact) mass is 276 g/mol. The Morgan fingerprint density at radius 1 is 1.25 bits per heavy atom. The Bertz CT molecular complexity index is 501. The van der Waals surface area contributed by atoms with Crippen LogP contribution < -0.4 is 10.2 Å². The number of aliphatic hydroxyl groups is 1. The van der Waals surface area contributed by atoms with Crippen LogP contribution in [0.4, 0.5) is 11.6 Å². The third-order valence-corrected chi connectivity index (χ3v) is 4.48. The van der Waals surface area contributed by atoms with Crippen molar-refractivity contribution in [2.75, 3.05) is 30.4 Å². The number of piperidine rings is 1. The normalized spacial score (nSPS) is 26.7. The maximum Gasteiger partial charge on any atom is 0.137 e. The van der Waals surface area contributed by atoms with E-state index >= 15 is 0 Å². The van der Waals surface area contributed by atoms with Gasteiger partial charge in [0.05, 0.1) is 6.10 Å². The third-order valence-electron chi connectivity index (χ3n) is 4.48. The molecule has 2 N–H and O–H groups in total. The summed E-state index contributed by atoms with van der Waals surface area (Å²) in [6.45, 7) is 5.92. The number of hydrogen-bond donors (Lipinski definition) is 2. The van der Waals surface area contributed by atoms with E-state index < -0.39 is 0 Å². The van der Waals surface area contributed by atoms with Gasteiger partial charge in [0.2, 0.25) is 0 Å². The molecule has 2 atom stereocenters. The highest BCUT2D eigenvalue weighted by Crippen LogP contribution is 2.40. The Morgan fingerprint density at radius 2 is 2.00 bits per heavy atom. The zero-order chi connectivity index (χ0) is 14.3. The summed E-state index contributed by atoms with van der Waals surface area (Å²) in [5.74, 6) is 3.81. The predicted molar refractivity (Wildman–Crippen MR) is 80.3 cm³/mol. The van der Waals surface area contributed by atoms with Crippen molar-refractivity contribution < 1.29 is 5.11 Å². The molecule has 2 fully saturated rings. The van der Waals surface area contributed by atoms with Gasteiger partial charge in [-0.1, -0.05) is 6.92 Å². The molecule has 20 heavy (non-hydrogen) atoms. The van der Waals surface area contributed by atoms with E-state index in [0.717, 1.165) is 42.5 Å². The Balaban J connectivity index is 1.93. The molecule has 3 rings (SSSR count). The van der Waals surface area contributed by atoms with Gasteiger partial charge in [0.1, 0.15) is 17.5 Å². The molecule has 1 saturated heterocycles. The van der Waals surface area contributed by atoms with Crippen molar-refractivity contribution >= 4 is 11.6 Å². The van der Waals surface area contributed by atoms with Crippen LogP contribution in [0.2, 0.25) is 0 Å². The molecular weight excluding hydrogens is 252 g/mol. The first-order valence-corrected chi connectivity index (χ1v) is 7.59. The molecule has 1 aliphatic heterocycles. The van der Waals surface area contributed by atoms with Crippen LogP contribution in [-0.2, 0) is 0 Å². The first kappa shape index (κ1) is 13.6. The molecule has 0 bridgehead atoms. The van der Waals surface area contributed by atoms with E-state index in [0.29, 0.717) is 11.8 Å². The molecule has 1 aromatic rings. The molecular formula is C15H24N4O. The van der Waals surface area contributed by atoms with Crippen LogP contribution in [0.3, 0.4) is 0 Å². The van der Waals surface area contributed by atoms with Crippen molar-refractivity contribution in [3.05, 3.63) is 11.4 Å². The fraction of sp³-hybridized carbons (Fsp3) is 0.733. The predicted octanol–water partition coefficient (Wildman–Crippen LogP) is 1.91. The summed E-state index contributed by atoms with van der Waals surface area (Å²) in [5.41, 5.74) is 1.11. The average Bonchev–Trinajstić information content (AvgIpc) is 3.27. The van der Waals surface area contributed by atoms with Crippen LogP contribution in [0.5, 0.6) is 0 Å². The summed E-state index contributed by atoms with van der Waals surface area (Å²) in [7, 11) is 1.92. The number of nitrogens with one attached hydrogen (secondary N) is 1. The zero-order valence-electron chi connectivity index (χ0n) is 12.6. The van der Waals surface area contributed by atoms with Crippen molar-refractivity contribution in [2.45, 2.75) is 45.1 Å². The van der Waals surface area contributed by atoms with Crippen LogP contribution in [-0.4, -0.2) is 41.3 Å². The smallest absolute Gasteiger partial charge is 0.137 e. The average molecular weight is 276 g/mol. The molecule has 1 aromatic heterocycles. The summed E-state index contributed by atoms with van der Waals surface area (Å²) in [6.07, 6.45) is 3.06. The van der Waals surface area contributed by atoms with Gasteiger partial charge in [0.25, 0.3) is 0 Å². The van der Waals surface area contributed by atoms with E-state index in [4.69, 9.17) is 4.98 Å². The molecule has 5 heteroatoms. The second-order valence-corrected chi connectivity index (χ2v) is 6.18. The number of rotatable bonds is 3. The minimum absolute atomic E-state index is 0.180. The van der Waals surface area contributed by atoms with Crippen LogP contribution in [0.1, 0.15) is 43.5 Å². The Morgan fingerprint density at radius 3 is 2.60 bits per heavy atom. The van der Waals surface area contributed by atoms with E-state index in [1.165, 1.54) is 12.8 Å². The van der Waals surface area contributed by atoms with Gasteiger partial charge in [0.15, 0.2) is 0 Å². The van der Waals surface area contributed by atoms with E-state index in [2.05, 4.69) is 29.0 Å². The standard InChI is InChI=1S/C15H24N4O/c1-9-8-19(7-6-12(9)20)15-10(2)13(16-3)17-14(18-15)11-4-5-11/h9,11-12,20H,4-8H2,1-3H3,(H,16,17,18). The molecule has 5 nitrogen and oxygen atoms in total. The van der Waals surface area contributed by atoms with Gasteiger partial charge in [-0.05, 0) is 32.1 Å². The fourth-order valence-corrected chi connectivity index (χ4v) is 2.92. The molecule has 0 aromatic carbocycles. The number of nitrogens with zero attached hydrogens (tertiary/aromatic N) is 3. The molecule has 2 heterocycles. The van der Waals surface area contributed by atoms with E-state index in [1.807, 2.05) is 7.05 Å². The Labute approximate surface area is 120 Å². The van der Waals surface area contributed by atoms with Crippen molar-refractivity contribution in [2.24, 2.45) is 5.92 Å². The summed E-state index contributed by atoms with van der Waals surface area (Å²) in [5, 5.41) is 13.1. The SMILES string of the molecule is CNc1nc(C2CC2)nc(N2CCC(O)C(C)C2)c1C. The van der Waals surface area contributed by atoms with Crippen LogP contribution in [0, 0.1) is 12.8 Å². The summed E-state index contributed by atoms with van der Waals surface area (Å²) in [4.78, 5) is 11.8. The van der Waals surface area contributed by atoms with Crippen molar-refractivity contribution in [3.63, 3.8) is 0 Å². The largest absolute Gasteiger partial charge is 0.393 e. The Hall–Kier alpha value is -1.36. The van der Waals surface area contributed by atoms with Crippen molar-refractivity contribution in [1.82, 2.24) is 9.97 Å². The molecule has 0 amide bonds. The second-order valence-electron chi connectivity index (χ2n) is 6.18. The van der Waals surface area contributed by atoms with Crippen LogP contribution in [0.15, 0.2) is 0 Å². The van der Waals surface area contributed by atoms with Crippen LogP contribution in [0.25, 0.3) is 0 Å². The molecule has 110 valence electrons. The minimum Gasteiger partial charge on any atom is -0.393 e. The molecule has 2 aliphatic rings. The van der Waals surface area contributed by atoms with Gasteiger partial charge < -0.3 is 15.3 Å². The molecule has 0 radical (unpaired) electrons. The lowest BCUT2D eigenvalue weighted by molar-refractivity contribution is 0.0968. The third kappa shape index (κ3) is 2.46. The fourth-order valence-electron chi connectivity index (χ4n) is 2.92. The first-order chi connectivity index (χ1) is 9.60. The van der Waals surface area contributed by atoms with Gasteiger partial charge in [-0.2, -0.15) is 0 Å². The molecule has 1 aliphatic carbocycles. The lowest BCUT2D eigenvalue weighted by Gasteiger charge is -2.36. The van der Waals surface area contributed by atoms with Crippen molar-refractivity contribution in [1.29, 1.82) is 0 Å². The quantitative estimate of drug-likeness (QED) is 0.883. The molecule has 1 saturated carbocycles. The highest BCUT2D eigenvalue weighted by Gasteiger charge is 2.31. The van der Waals surface area contributed by atoms with Crippen molar-refractivity contribution in [3.8, 4) is 0 Å². The van der Waals surface area contributed by atoms with Gasteiger partial charge in [-0.25, -0.2) is 9.97 Å². The Kier molecular flexibility index (Phi) is 3.54. The number of aliphatic hydroxyl groups excluding tert-OH is 1. The summed E-state index contributed by atoms with van der Waals surface area (Å²) in [6, 6.07) is 0. The van der Waals surface area contributed by atoms with Gasteiger partial charge in [0, 0.05) is 31.6 Å². The lowest BCUT2D eigenvalue weighted by atomic mass is 9.96. The minimum atomic E-state index is -0.180. The number of aromatic nitrogens is 2. The highest BCUT2D eigenvalue weighted by molar-refractivity contribution is 5.59. The van der Waals surface area contributed by atoms with Gasteiger partial charge >= 0.3 is 0 Å². The van der Waals surface area contributed by atoms with Gasteiger partial charge in [-0.3, -0.25) is 0 Å². The second kappa shape index (κ2) is 5.20.